The number of aromatic nitrogens is 6. The maximum Gasteiger partial charge on any atom is 0.187 e. The molecule has 9 nitrogen and oxygen atoms in total. The normalized spacial score (nSPS) is 10.9. The zero-order valence-corrected chi connectivity index (χ0v) is 18.1. The Hall–Kier alpha value is -3.17. The van der Waals surface area contributed by atoms with Crippen molar-refractivity contribution < 1.29 is 9.47 Å². The lowest BCUT2D eigenvalue weighted by Crippen LogP contribution is -2.03. The quantitative estimate of drug-likeness (QED) is 0.349. The van der Waals surface area contributed by atoms with Gasteiger partial charge in [0.2, 0.25) is 0 Å². The van der Waals surface area contributed by atoms with Gasteiger partial charge in [0.05, 0.1) is 29.4 Å². The average Bonchev–Trinajstić information content (AvgIpc) is 3.29. The van der Waals surface area contributed by atoms with Crippen LogP contribution in [-0.4, -0.2) is 44.3 Å². The molecule has 3 aromatic heterocycles. The summed E-state index contributed by atoms with van der Waals surface area (Å²) in [5.74, 6) is 1.87. The summed E-state index contributed by atoms with van der Waals surface area (Å²) < 4.78 is 11.6. The molecular weight excluding hydrogens is 441 g/mol. The number of H-pyrrole nitrogens is 1. The molecule has 4 aromatic rings. The van der Waals surface area contributed by atoms with E-state index in [9.17, 15) is 0 Å². The largest absolute Gasteiger partial charge is 0.493 e. The predicted octanol–water partition coefficient (Wildman–Crippen LogP) is 4.60. The Bertz CT molecular complexity index is 1150. The van der Waals surface area contributed by atoms with Crippen LogP contribution >= 0.6 is 23.2 Å². The highest BCUT2D eigenvalue weighted by Gasteiger charge is 2.15. The Kier molecular flexibility index (Phi) is 6.63. The summed E-state index contributed by atoms with van der Waals surface area (Å²) in [6, 6.07) is 5.60. The molecule has 31 heavy (non-hydrogen) atoms. The van der Waals surface area contributed by atoms with E-state index in [0.717, 1.165) is 30.3 Å². The number of unbranched alkanes of at least 4 members (excludes halogenated alkanes) is 1. The van der Waals surface area contributed by atoms with Crippen molar-refractivity contribution in [3.63, 3.8) is 0 Å². The van der Waals surface area contributed by atoms with Gasteiger partial charge in [0.1, 0.15) is 5.52 Å². The van der Waals surface area contributed by atoms with E-state index in [1.807, 2.05) is 18.2 Å². The molecule has 0 saturated heterocycles. The number of nitrogens with zero attached hydrogens (tertiary/aromatic N) is 5. The summed E-state index contributed by atoms with van der Waals surface area (Å²) in [5, 5.41) is 18.9. The average molecular weight is 460 g/mol. The molecule has 0 aliphatic carbocycles. The summed E-state index contributed by atoms with van der Waals surface area (Å²) in [6.45, 7) is 0.495. The second-order valence-electron chi connectivity index (χ2n) is 6.59. The van der Waals surface area contributed by atoms with Gasteiger partial charge in [-0.05, 0) is 31.0 Å². The highest BCUT2D eigenvalue weighted by molar-refractivity contribution is 6.39. The lowest BCUT2D eigenvalue weighted by Gasteiger charge is -2.16. The molecule has 0 atom stereocenters. The molecule has 0 spiro atoms. The Morgan fingerprint density at radius 2 is 1.94 bits per heavy atom. The second kappa shape index (κ2) is 9.76. The van der Waals surface area contributed by atoms with Crippen LogP contribution in [0.25, 0.3) is 10.9 Å². The van der Waals surface area contributed by atoms with Gasteiger partial charge in [0.25, 0.3) is 0 Å². The monoisotopic (exact) mass is 459 g/mol. The third-order valence-electron chi connectivity index (χ3n) is 4.59. The topological polar surface area (TPSA) is 111 Å². The maximum atomic E-state index is 6.26. The first-order valence-corrected chi connectivity index (χ1v) is 10.3. The molecule has 0 unspecified atom stereocenters. The van der Waals surface area contributed by atoms with Crippen molar-refractivity contribution in [3.8, 4) is 11.5 Å². The highest BCUT2D eigenvalue weighted by atomic mass is 35.5. The summed E-state index contributed by atoms with van der Waals surface area (Å²) in [6.07, 6.45) is 7.17. The van der Waals surface area contributed by atoms with E-state index in [1.54, 1.807) is 13.3 Å². The maximum absolute atomic E-state index is 6.26. The summed E-state index contributed by atoms with van der Waals surface area (Å²) in [4.78, 5) is 8.51. The number of tetrazole rings is 1. The van der Waals surface area contributed by atoms with Crippen LogP contribution in [0, 0.1) is 0 Å². The van der Waals surface area contributed by atoms with E-state index in [2.05, 4.69) is 35.9 Å². The minimum atomic E-state index is 0.420. The molecule has 1 aromatic carbocycles. The number of pyridine rings is 2. The predicted molar refractivity (Wildman–Crippen MR) is 118 cm³/mol. The summed E-state index contributed by atoms with van der Waals surface area (Å²) >= 11 is 12.5. The van der Waals surface area contributed by atoms with Gasteiger partial charge < -0.3 is 14.8 Å². The van der Waals surface area contributed by atoms with Gasteiger partial charge in [0, 0.05) is 36.1 Å². The molecule has 0 saturated carbocycles. The van der Waals surface area contributed by atoms with E-state index in [0.29, 0.717) is 45.2 Å². The van der Waals surface area contributed by atoms with Crippen LogP contribution in [-0.2, 0) is 6.42 Å². The van der Waals surface area contributed by atoms with Gasteiger partial charge >= 0.3 is 0 Å². The first kappa shape index (κ1) is 21.1. The molecule has 11 heteroatoms. The Balaban J connectivity index is 1.55. The minimum absolute atomic E-state index is 0.420. The Labute approximate surface area is 188 Å². The van der Waals surface area contributed by atoms with E-state index in [4.69, 9.17) is 32.7 Å². The number of ether oxygens (including phenoxy) is 2. The number of hydrogen-bond donors (Lipinski definition) is 2. The van der Waals surface area contributed by atoms with E-state index in [-0.39, 0.29) is 0 Å². The van der Waals surface area contributed by atoms with Gasteiger partial charge in [-0.2, -0.15) is 5.21 Å². The molecule has 4 rings (SSSR count). The van der Waals surface area contributed by atoms with E-state index < -0.39 is 0 Å². The molecular formula is C20H19Cl2N7O2. The van der Waals surface area contributed by atoms with Gasteiger partial charge in [-0.3, -0.25) is 9.97 Å². The van der Waals surface area contributed by atoms with Crippen LogP contribution in [0.1, 0.15) is 18.7 Å². The van der Waals surface area contributed by atoms with Gasteiger partial charge in [0.15, 0.2) is 17.3 Å². The smallest absolute Gasteiger partial charge is 0.187 e. The van der Waals surface area contributed by atoms with Gasteiger partial charge in [-0.15, -0.1) is 10.2 Å². The molecule has 0 aliphatic heterocycles. The van der Waals surface area contributed by atoms with Crippen LogP contribution in [0.15, 0.2) is 36.8 Å². The number of halogens is 2. The Morgan fingerprint density at radius 3 is 2.68 bits per heavy atom. The van der Waals surface area contributed by atoms with Gasteiger partial charge in [-0.1, -0.05) is 28.4 Å². The lowest BCUT2D eigenvalue weighted by molar-refractivity contribution is 0.289. The number of rotatable bonds is 9. The molecule has 160 valence electrons. The number of anilines is 2. The fourth-order valence-electron chi connectivity index (χ4n) is 3.10. The molecule has 2 N–H and O–H groups in total. The third kappa shape index (κ3) is 4.78. The third-order valence-corrected chi connectivity index (χ3v) is 5.17. The van der Waals surface area contributed by atoms with Crippen molar-refractivity contribution in [1.82, 2.24) is 30.6 Å². The van der Waals surface area contributed by atoms with Crippen molar-refractivity contribution in [2.45, 2.75) is 19.3 Å². The molecule has 0 aliphatic rings. The SMILES string of the molecule is COc1ccc2c(Nc3c(Cl)cncc3Cl)ccnc2c1OCCCCc1nn[nH]n1. The Morgan fingerprint density at radius 1 is 1.10 bits per heavy atom. The van der Waals surface area contributed by atoms with Crippen molar-refractivity contribution >= 4 is 45.5 Å². The van der Waals surface area contributed by atoms with Gasteiger partial charge in [-0.25, -0.2) is 0 Å². The van der Waals surface area contributed by atoms with Crippen molar-refractivity contribution in [2.75, 3.05) is 19.0 Å². The number of nitrogens with one attached hydrogen (secondary N) is 2. The fraction of sp³-hybridized carbons (Fsp3) is 0.250. The van der Waals surface area contributed by atoms with Crippen LogP contribution in [0.4, 0.5) is 11.4 Å². The zero-order valence-electron chi connectivity index (χ0n) is 16.6. The van der Waals surface area contributed by atoms with E-state index >= 15 is 0 Å². The number of aryl methyl sites for hydroxylation is 1. The second-order valence-corrected chi connectivity index (χ2v) is 7.40. The highest BCUT2D eigenvalue weighted by Crippen LogP contribution is 2.39. The van der Waals surface area contributed by atoms with Crippen LogP contribution < -0.4 is 14.8 Å². The summed E-state index contributed by atoms with van der Waals surface area (Å²) in [5.41, 5.74) is 2.03. The van der Waals surface area contributed by atoms with Crippen molar-refractivity contribution in [1.29, 1.82) is 0 Å². The molecule has 0 amide bonds. The molecule has 0 bridgehead atoms. The van der Waals surface area contributed by atoms with Crippen LogP contribution in [0.3, 0.4) is 0 Å². The van der Waals surface area contributed by atoms with Crippen LogP contribution in [0.2, 0.25) is 10.0 Å². The number of aromatic amines is 1. The first-order valence-electron chi connectivity index (χ1n) is 9.54. The molecule has 0 radical (unpaired) electrons. The van der Waals surface area contributed by atoms with E-state index in [1.165, 1.54) is 12.4 Å². The minimum Gasteiger partial charge on any atom is -0.493 e. The zero-order chi connectivity index (χ0) is 21.6. The number of benzene rings is 1. The van der Waals surface area contributed by atoms with Crippen molar-refractivity contribution in [3.05, 3.63) is 52.7 Å². The standard InChI is InChI=1S/C20H19Cl2N7O2/c1-30-16-6-5-12-15(25-19-13(21)10-23-11-14(19)22)7-8-24-18(12)20(16)31-9-3-2-4-17-26-28-29-27-17/h5-8,10-11H,2-4,9H2,1H3,(H,23,24,25)(H,26,27,28,29). The first-order chi connectivity index (χ1) is 15.2. The number of fused-ring (bicyclic) bond motifs is 1. The van der Waals surface area contributed by atoms with Crippen LogP contribution in [0.5, 0.6) is 11.5 Å². The fourth-order valence-corrected chi connectivity index (χ4v) is 3.56. The van der Waals surface area contributed by atoms with Crippen molar-refractivity contribution in [2.24, 2.45) is 0 Å². The number of methoxy groups -OCH3 is 1. The molecule has 3 heterocycles. The lowest BCUT2D eigenvalue weighted by atomic mass is 10.1. The molecule has 0 fully saturated rings. The summed E-state index contributed by atoms with van der Waals surface area (Å²) in [7, 11) is 1.60. The number of hydrogen-bond acceptors (Lipinski definition) is 8.